The maximum absolute atomic E-state index is 10.3. The number of carbonyl (C=O) groups excluding carboxylic acids is 2. The molecule has 0 saturated carbocycles. The highest BCUT2D eigenvalue weighted by Gasteiger charge is 2.20. The molecule has 0 bridgehead atoms. The van der Waals surface area contributed by atoms with Crippen LogP contribution in [0.2, 0.25) is 0 Å². The average Bonchev–Trinajstić information content (AvgIpc) is 2.02. The van der Waals surface area contributed by atoms with Gasteiger partial charge in [-0.05, 0) is 0 Å². The van der Waals surface area contributed by atoms with Crippen molar-refractivity contribution in [2.75, 3.05) is 0 Å². The smallest absolute Gasteiger partial charge is 0.347 e. The van der Waals surface area contributed by atoms with Crippen LogP contribution in [-0.2, 0) is 18.7 Å². The van der Waals surface area contributed by atoms with Gasteiger partial charge in [0.15, 0.2) is 6.10 Å². The molecule has 0 fully saturated rings. The average molecular weight is 182 g/mol. The van der Waals surface area contributed by atoms with E-state index in [1.807, 2.05) is 0 Å². The van der Waals surface area contributed by atoms with Crippen LogP contribution < -0.4 is 0 Å². The monoisotopic (exact) mass is 182 g/mol. The highest BCUT2D eigenvalue weighted by Crippen LogP contribution is 1.97. The molecule has 0 amide bonds. The highest BCUT2D eigenvalue weighted by atomic mass is 32.1. The molecule has 7 heteroatoms. The van der Waals surface area contributed by atoms with Gasteiger partial charge in [0.25, 0.3) is 0 Å². The summed E-state index contributed by atoms with van der Waals surface area (Å²) in [5.74, 6) is -2.21. The molecule has 2 N–H and O–H groups in total. The summed E-state index contributed by atoms with van der Waals surface area (Å²) >= 11 is 3.08. The molecule has 0 radical (unpaired) electrons. The lowest BCUT2D eigenvalue weighted by Gasteiger charge is -2.03. The first-order chi connectivity index (χ1) is 5.11. The van der Waals surface area contributed by atoms with E-state index in [0.29, 0.717) is 0 Å². The van der Waals surface area contributed by atoms with Crippen LogP contribution in [0.5, 0.6) is 0 Å². The van der Waals surface area contributed by atoms with Crippen LogP contribution in [0.15, 0.2) is 0 Å². The molecule has 0 aromatic heterocycles. The van der Waals surface area contributed by atoms with Gasteiger partial charge in [-0.3, -0.25) is 0 Å². The number of carbonyl (C=O) groups is 2. The fraction of sp³-hybridized carbons (Fsp3) is 0.500. The van der Waals surface area contributed by atoms with Crippen molar-refractivity contribution >= 4 is 24.8 Å². The molecule has 0 spiro atoms. The number of aliphatic hydroxyl groups is 1. The molecule has 0 aliphatic rings. The number of aliphatic hydroxyl groups excluding tert-OH is 1. The molecule has 0 aromatic carbocycles. The number of thiol groups is 1. The third-order valence-corrected chi connectivity index (χ3v) is 1.00. The lowest BCUT2D eigenvalue weighted by molar-refractivity contribution is -0.236. The van der Waals surface area contributed by atoms with Crippen molar-refractivity contribution in [3.8, 4) is 0 Å². The fourth-order valence-electron chi connectivity index (χ4n) is 0.339. The fourth-order valence-corrected chi connectivity index (χ4v) is 0.461. The number of hydrogen-bond acceptors (Lipinski definition) is 7. The Hall–Kier alpha value is -0.790. The molecular weight excluding hydrogens is 176 g/mol. The van der Waals surface area contributed by atoms with Crippen LogP contribution in [-0.4, -0.2) is 28.4 Å². The Balaban J connectivity index is 3.77. The minimum absolute atomic E-state index is 0.671. The minimum Gasteiger partial charge on any atom is -0.393 e. The lowest BCUT2D eigenvalue weighted by atomic mass is 10.3. The van der Waals surface area contributed by atoms with Gasteiger partial charge >= 0.3 is 11.9 Å². The van der Waals surface area contributed by atoms with E-state index < -0.39 is 24.5 Å². The van der Waals surface area contributed by atoms with E-state index in [2.05, 4.69) is 22.0 Å². The highest BCUT2D eigenvalue weighted by molar-refractivity contribution is 7.75. The van der Waals surface area contributed by atoms with E-state index in [-0.39, 0.29) is 0 Å². The second-order valence-electron chi connectivity index (χ2n) is 1.59. The maximum atomic E-state index is 10.3. The van der Waals surface area contributed by atoms with Crippen molar-refractivity contribution in [1.29, 1.82) is 0 Å². The van der Waals surface area contributed by atoms with Gasteiger partial charge in [0, 0.05) is 12.9 Å². The van der Waals surface area contributed by atoms with Gasteiger partial charge < -0.3 is 14.2 Å². The largest absolute Gasteiger partial charge is 0.393 e. The van der Waals surface area contributed by atoms with E-state index >= 15 is 0 Å². The van der Waals surface area contributed by atoms with Crippen molar-refractivity contribution in [1.82, 2.24) is 0 Å². The summed E-state index contributed by atoms with van der Waals surface area (Å²) < 4.78 is 3.77. The van der Waals surface area contributed by atoms with Crippen molar-refractivity contribution < 1.29 is 29.0 Å². The van der Waals surface area contributed by atoms with Gasteiger partial charge in [-0.15, -0.1) is 0 Å². The van der Waals surface area contributed by atoms with E-state index in [1.54, 1.807) is 0 Å². The molecular formula is C4H6O6S. The zero-order valence-electron chi connectivity index (χ0n) is 5.26. The molecule has 0 aliphatic carbocycles. The summed E-state index contributed by atoms with van der Waals surface area (Å²) in [6, 6.07) is 0. The third-order valence-electron chi connectivity index (χ3n) is 0.824. The predicted octanol–water partition coefficient (Wildman–Crippen LogP) is -0.858. The molecule has 0 rings (SSSR count). The maximum Gasteiger partial charge on any atom is 0.347 e. The van der Waals surface area contributed by atoms with Gasteiger partial charge in [0.2, 0.25) is 0 Å². The lowest BCUT2D eigenvalue weighted by Crippen LogP contribution is -2.24. The molecule has 11 heavy (non-hydrogen) atoms. The van der Waals surface area contributed by atoms with E-state index in [9.17, 15) is 9.59 Å². The van der Waals surface area contributed by atoms with Crippen LogP contribution >= 0.6 is 12.9 Å². The molecule has 0 aliphatic heterocycles. The van der Waals surface area contributed by atoms with Crippen LogP contribution in [0.3, 0.4) is 0 Å². The molecule has 0 heterocycles. The Kier molecular flexibility index (Phi) is 4.59. The second-order valence-corrected chi connectivity index (χ2v) is 1.78. The zero-order valence-corrected chi connectivity index (χ0v) is 6.15. The van der Waals surface area contributed by atoms with E-state index in [1.165, 1.54) is 0 Å². The van der Waals surface area contributed by atoms with E-state index in [4.69, 9.17) is 10.4 Å². The summed E-state index contributed by atoms with van der Waals surface area (Å²) in [7, 11) is 0. The second kappa shape index (κ2) is 4.94. The Bertz CT molecular complexity index is 157. The summed E-state index contributed by atoms with van der Waals surface area (Å²) in [4.78, 5) is 23.7. The van der Waals surface area contributed by atoms with Crippen molar-refractivity contribution in [3.05, 3.63) is 0 Å². The normalized spacial score (nSPS) is 11.9. The quantitative estimate of drug-likeness (QED) is 0.227. The van der Waals surface area contributed by atoms with Gasteiger partial charge in [-0.25, -0.2) is 9.59 Å². The summed E-state index contributed by atoms with van der Waals surface area (Å²) in [6.45, 7) is 0. The Morgan fingerprint density at radius 3 is 2.45 bits per heavy atom. The van der Waals surface area contributed by atoms with Crippen LogP contribution in [0.4, 0.5) is 0 Å². The molecule has 6 nitrogen and oxygen atoms in total. The Morgan fingerprint density at radius 2 is 2.09 bits per heavy atom. The van der Waals surface area contributed by atoms with Crippen LogP contribution in [0, 0.1) is 0 Å². The first kappa shape index (κ1) is 10.2. The van der Waals surface area contributed by atoms with Gasteiger partial charge in [0.05, 0.1) is 6.42 Å². The van der Waals surface area contributed by atoms with Crippen LogP contribution in [0.25, 0.3) is 0 Å². The topological polar surface area (TPSA) is 93.1 Å². The van der Waals surface area contributed by atoms with Crippen LogP contribution in [0.1, 0.15) is 6.42 Å². The van der Waals surface area contributed by atoms with Crippen molar-refractivity contribution in [2.45, 2.75) is 12.5 Å². The summed E-state index contributed by atoms with van der Waals surface area (Å²) in [6.07, 6.45) is -2.33. The summed E-state index contributed by atoms with van der Waals surface area (Å²) in [5, 5.41) is 16.4. The standard InChI is InChI=1S/C4H6O6S/c5-2(4(7)10-11)1-3(6)9-8/h2,5,8,11H,1H2. The van der Waals surface area contributed by atoms with Gasteiger partial charge in [-0.2, -0.15) is 5.26 Å². The molecule has 64 valence electrons. The Morgan fingerprint density at radius 1 is 1.55 bits per heavy atom. The molecule has 0 saturated heterocycles. The van der Waals surface area contributed by atoms with Crippen molar-refractivity contribution in [2.24, 2.45) is 0 Å². The van der Waals surface area contributed by atoms with Gasteiger partial charge in [-0.1, -0.05) is 0 Å². The third kappa shape index (κ3) is 3.81. The zero-order chi connectivity index (χ0) is 8.85. The molecule has 1 unspecified atom stereocenters. The number of rotatable bonds is 3. The first-order valence-electron chi connectivity index (χ1n) is 2.49. The van der Waals surface area contributed by atoms with E-state index in [0.717, 1.165) is 0 Å². The SMILES string of the molecule is O=C(CC(O)C(=O)OS)OO. The first-order valence-corrected chi connectivity index (χ1v) is 2.86. The molecule has 1 atom stereocenters. The number of hydrogen-bond donors (Lipinski definition) is 3. The Labute approximate surface area is 67.3 Å². The molecule has 0 aromatic rings. The predicted molar refractivity (Wildman–Crippen MR) is 34.4 cm³/mol. The van der Waals surface area contributed by atoms with Crippen molar-refractivity contribution in [3.63, 3.8) is 0 Å². The minimum atomic E-state index is -1.66. The van der Waals surface area contributed by atoms with Gasteiger partial charge in [0.1, 0.15) is 0 Å². The summed E-state index contributed by atoms with van der Waals surface area (Å²) in [5.41, 5.74) is 0.